The molecule has 1 fully saturated rings. The second kappa shape index (κ2) is 4.60. The van der Waals surface area contributed by atoms with Crippen molar-refractivity contribution in [2.45, 2.75) is 31.6 Å². The van der Waals surface area contributed by atoms with E-state index in [-0.39, 0.29) is 18.2 Å². The molecule has 0 aromatic heterocycles. The minimum atomic E-state index is -0.284. The summed E-state index contributed by atoms with van der Waals surface area (Å²) in [6.45, 7) is 6.96. The van der Waals surface area contributed by atoms with Gasteiger partial charge < -0.3 is 15.2 Å². The molecule has 0 bridgehead atoms. The molecule has 1 heterocycles. The maximum Gasteiger partial charge on any atom is 0.0740 e. The van der Waals surface area contributed by atoms with Gasteiger partial charge in [-0.3, -0.25) is 0 Å². The number of aliphatic hydroxyl groups is 1. The Kier molecular flexibility index (Phi) is 3.72. The molecule has 3 heteroatoms. The molecule has 1 aliphatic rings. The van der Waals surface area contributed by atoms with Gasteiger partial charge in [0, 0.05) is 13.2 Å². The first kappa shape index (κ1) is 9.71. The second-order valence-corrected chi connectivity index (χ2v) is 3.15. The van der Waals surface area contributed by atoms with E-state index in [2.05, 4.69) is 11.9 Å². The van der Waals surface area contributed by atoms with Gasteiger partial charge in [0.1, 0.15) is 0 Å². The lowest BCUT2D eigenvalue weighted by Gasteiger charge is -2.33. The van der Waals surface area contributed by atoms with Crippen LogP contribution in [0.4, 0.5) is 0 Å². The lowest BCUT2D eigenvalue weighted by Crippen LogP contribution is -2.52. The monoisotopic (exact) mass is 171 g/mol. The van der Waals surface area contributed by atoms with Gasteiger partial charge in [0.15, 0.2) is 0 Å². The fourth-order valence-electron chi connectivity index (χ4n) is 1.49. The van der Waals surface area contributed by atoms with Crippen LogP contribution in [-0.2, 0) is 4.74 Å². The summed E-state index contributed by atoms with van der Waals surface area (Å²) in [5.74, 6) is 0. The van der Waals surface area contributed by atoms with E-state index in [1.165, 1.54) is 0 Å². The maximum atomic E-state index is 9.59. The van der Waals surface area contributed by atoms with E-state index in [0.29, 0.717) is 6.61 Å². The van der Waals surface area contributed by atoms with Crippen LogP contribution in [0.25, 0.3) is 0 Å². The Hall–Kier alpha value is -0.380. The van der Waals surface area contributed by atoms with E-state index >= 15 is 0 Å². The van der Waals surface area contributed by atoms with Crippen molar-refractivity contribution in [2.24, 2.45) is 0 Å². The molecule has 0 radical (unpaired) electrons. The van der Waals surface area contributed by atoms with Gasteiger partial charge in [-0.05, 0) is 13.3 Å². The lowest BCUT2D eigenvalue weighted by molar-refractivity contribution is -0.0613. The molecule has 3 nitrogen and oxygen atoms in total. The van der Waals surface area contributed by atoms with E-state index in [0.717, 1.165) is 13.0 Å². The van der Waals surface area contributed by atoms with Crippen molar-refractivity contribution in [1.29, 1.82) is 0 Å². The molecule has 2 N–H and O–H groups in total. The molecule has 3 atom stereocenters. The van der Waals surface area contributed by atoms with E-state index < -0.39 is 0 Å². The molecular formula is C9H17NO2. The second-order valence-electron chi connectivity index (χ2n) is 3.15. The lowest BCUT2D eigenvalue weighted by atomic mass is 10.0. The summed E-state index contributed by atoms with van der Waals surface area (Å²) in [6, 6.07) is 0.0525. The number of nitrogens with one attached hydrogen (secondary N) is 1. The zero-order valence-electron chi connectivity index (χ0n) is 7.49. The number of rotatable bonds is 3. The number of hydrogen-bond donors (Lipinski definition) is 2. The van der Waals surface area contributed by atoms with E-state index in [9.17, 15) is 5.11 Å². The van der Waals surface area contributed by atoms with Crippen LogP contribution in [0, 0.1) is 0 Å². The molecule has 0 aliphatic carbocycles. The van der Waals surface area contributed by atoms with Gasteiger partial charge in [0.25, 0.3) is 0 Å². The summed E-state index contributed by atoms with van der Waals surface area (Å²) in [5.41, 5.74) is 0. The highest BCUT2D eigenvalue weighted by molar-refractivity contribution is 4.87. The molecule has 1 rings (SSSR count). The Morgan fingerprint density at radius 2 is 2.50 bits per heavy atom. The molecule has 0 aromatic rings. The minimum absolute atomic E-state index is 0.0525. The third-order valence-electron chi connectivity index (χ3n) is 2.21. The van der Waals surface area contributed by atoms with Gasteiger partial charge in [0.05, 0.1) is 18.2 Å². The number of ether oxygens (including phenoxy) is 1. The van der Waals surface area contributed by atoms with E-state index in [4.69, 9.17) is 4.74 Å². The van der Waals surface area contributed by atoms with Crippen molar-refractivity contribution < 1.29 is 9.84 Å². The van der Waals surface area contributed by atoms with Crippen molar-refractivity contribution >= 4 is 0 Å². The van der Waals surface area contributed by atoms with Crippen LogP contribution in [-0.4, -0.2) is 36.5 Å². The summed E-state index contributed by atoms with van der Waals surface area (Å²) in [4.78, 5) is 0. The molecule has 1 aliphatic heterocycles. The first-order valence-electron chi connectivity index (χ1n) is 4.39. The van der Waals surface area contributed by atoms with Crippen LogP contribution in [0.1, 0.15) is 13.3 Å². The largest absolute Gasteiger partial charge is 0.391 e. The van der Waals surface area contributed by atoms with E-state index in [1.54, 1.807) is 6.08 Å². The predicted octanol–water partition coefficient (Wildman–Crippen LogP) is 0.300. The molecule has 0 spiro atoms. The average Bonchev–Trinajstić information content (AvgIpc) is 2.04. The van der Waals surface area contributed by atoms with Crippen LogP contribution < -0.4 is 5.32 Å². The first-order chi connectivity index (χ1) is 5.75. The standard InChI is InChI=1S/C9H17NO2/c1-3-5-10-9-7(2)12-6-4-8(9)11/h3,7-11H,1,4-6H2,2H3. The Labute approximate surface area is 73.4 Å². The quantitative estimate of drug-likeness (QED) is 0.600. The fourth-order valence-corrected chi connectivity index (χ4v) is 1.49. The van der Waals surface area contributed by atoms with Gasteiger partial charge in [-0.25, -0.2) is 0 Å². The third kappa shape index (κ3) is 2.30. The van der Waals surface area contributed by atoms with Gasteiger partial charge in [-0.15, -0.1) is 6.58 Å². The normalized spacial score (nSPS) is 36.3. The van der Waals surface area contributed by atoms with Crippen molar-refractivity contribution in [3.63, 3.8) is 0 Å². The molecule has 70 valence electrons. The highest BCUT2D eigenvalue weighted by Crippen LogP contribution is 2.13. The highest BCUT2D eigenvalue weighted by atomic mass is 16.5. The summed E-state index contributed by atoms with van der Waals surface area (Å²) >= 11 is 0. The van der Waals surface area contributed by atoms with Crippen LogP contribution in [0.2, 0.25) is 0 Å². The van der Waals surface area contributed by atoms with Crippen molar-refractivity contribution in [1.82, 2.24) is 5.32 Å². The van der Waals surface area contributed by atoms with E-state index in [1.807, 2.05) is 6.92 Å². The molecule has 0 amide bonds. The first-order valence-corrected chi connectivity index (χ1v) is 4.39. The maximum absolute atomic E-state index is 9.59. The van der Waals surface area contributed by atoms with Crippen LogP contribution in [0.3, 0.4) is 0 Å². The van der Waals surface area contributed by atoms with Crippen LogP contribution >= 0.6 is 0 Å². The predicted molar refractivity (Wildman–Crippen MR) is 48.0 cm³/mol. The number of hydrogen-bond acceptors (Lipinski definition) is 3. The molecular weight excluding hydrogens is 154 g/mol. The zero-order chi connectivity index (χ0) is 8.97. The Morgan fingerprint density at radius 1 is 1.75 bits per heavy atom. The summed E-state index contributed by atoms with van der Waals surface area (Å²) < 4.78 is 5.40. The highest BCUT2D eigenvalue weighted by Gasteiger charge is 2.28. The number of aliphatic hydroxyl groups excluding tert-OH is 1. The van der Waals surface area contributed by atoms with Crippen molar-refractivity contribution in [3.8, 4) is 0 Å². The Morgan fingerprint density at radius 3 is 3.08 bits per heavy atom. The minimum Gasteiger partial charge on any atom is -0.391 e. The van der Waals surface area contributed by atoms with Crippen LogP contribution in [0.15, 0.2) is 12.7 Å². The third-order valence-corrected chi connectivity index (χ3v) is 2.21. The topological polar surface area (TPSA) is 41.5 Å². The summed E-state index contributed by atoms with van der Waals surface area (Å²) in [6.07, 6.45) is 2.31. The molecule has 3 unspecified atom stereocenters. The Balaban J connectivity index is 2.39. The fraction of sp³-hybridized carbons (Fsp3) is 0.778. The van der Waals surface area contributed by atoms with Gasteiger partial charge >= 0.3 is 0 Å². The van der Waals surface area contributed by atoms with Gasteiger partial charge in [0.2, 0.25) is 0 Å². The van der Waals surface area contributed by atoms with Crippen molar-refractivity contribution in [2.75, 3.05) is 13.2 Å². The smallest absolute Gasteiger partial charge is 0.0740 e. The van der Waals surface area contributed by atoms with Crippen molar-refractivity contribution in [3.05, 3.63) is 12.7 Å². The average molecular weight is 171 g/mol. The molecule has 0 aromatic carbocycles. The Bertz CT molecular complexity index is 139. The summed E-state index contributed by atoms with van der Waals surface area (Å²) in [5, 5.41) is 12.8. The molecule has 12 heavy (non-hydrogen) atoms. The van der Waals surface area contributed by atoms with Crippen LogP contribution in [0.5, 0.6) is 0 Å². The molecule has 0 saturated carbocycles. The van der Waals surface area contributed by atoms with Gasteiger partial charge in [-0.2, -0.15) is 0 Å². The zero-order valence-corrected chi connectivity index (χ0v) is 7.49. The van der Waals surface area contributed by atoms with Gasteiger partial charge in [-0.1, -0.05) is 6.08 Å². The summed E-state index contributed by atoms with van der Waals surface area (Å²) in [7, 11) is 0. The SMILES string of the molecule is C=CCNC1C(O)CCOC1C. The molecule has 1 saturated heterocycles.